The summed E-state index contributed by atoms with van der Waals surface area (Å²) < 4.78 is 24.0. The number of halogens is 1. The number of hydrogen-bond donors (Lipinski definition) is 1. The van der Waals surface area contributed by atoms with Gasteiger partial charge in [0, 0.05) is 11.6 Å². The number of ether oxygens (including phenoxy) is 2. The van der Waals surface area contributed by atoms with Gasteiger partial charge in [-0.1, -0.05) is 37.3 Å². The standard InChI is InChI=1S/C18H19FO4/c1-3-18(21,17(20)22-2)14-9-15(19)11-16(10-14)23-12-13-7-5-4-6-8-13/h4-11,21H,3,12H2,1-2H3. The number of carbonyl (C=O) groups is 1. The molecule has 0 aliphatic heterocycles. The monoisotopic (exact) mass is 318 g/mol. The molecule has 1 atom stereocenters. The fourth-order valence-corrected chi connectivity index (χ4v) is 2.26. The summed E-state index contributed by atoms with van der Waals surface area (Å²) in [6.45, 7) is 1.87. The van der Waals surface area contributed by atoms with Crippen molar-refractivity contribution < 1.29 is 23.8 Å². The van der Waals surface area contributed by atoms with Crippen LogP contribution in [0.5, 0.6) is 5.75 Å². The molecule has 2 rings (SSSR count). The average molecular weight is 318 g/mol. The Bertz CT molecular complexity index is 672. The van der Waals surface area contributed by atoms with Crippen molar-refractivity contribution in [2.24, 2.45) is 0 Å². The van der Waals surface area contributed by atoms with Crippen LogP contribution in [0.15, 0.2) is 48.5 Å². The minimum absolute atomic E-state index is 0.0568. The maximum absolute atomic E-state index is 13.8. The van der Waals surface area contributed by atoms with E-state index in [0.717, 1.165) is 11.6 Å². The van der Waals surface area contributed by atoms with Gasteiger partial charge in [-0.05, 0) is 24.1 Å². The summed E-state index contributed by atoms with van der Waals surface area (Å²) in [7, 11) is 1.18. The van der Waals surface area contributed by atoms with Crippen molar-refractivity contribution in [3.05, 3.63) is 65.5 Å². The number of hydrogen-bond acceptors (Lipinski definition) is 4. The predicted octanol–water partition coefficient (Wildman–Crippen LogP) is 3.18. The van der Waals surface area contributed by atoms with E-state index in [9.17, 15) is 14.3 Å². The van der Waals surface area contributed by atoms with Crippen LogP contribution >= 0.6 is 0 Å². The van der Waals surface area contributed by atoms with Crippen LogP contribution < -0.4 is 4.74 Å². The van der Waals surface area contributed by atoms with Crippen molar-refractivity contribution in [1.29, 1.82) is 0 Å². The average Bonchev–Trinajstić information content (AvgIpc) is 2.59. The second kappa shape index (κ2) is 7.24. The van der Waals surface area contributed by atoms with Gasteiger partial charge in [-0.15, -0.1) is 0 Å². The fourth-order valence-electron chi connectivity index (χ4n) is 2.26. The van der Waals surface area contributed by atoms with Gasteiger partial charge in [-0.2, -0.15) is 0 Å². The Hall–Kier alpha value is -2.40. The first kappa shape index (κ1) is 17.0. The molecular weight excluding hydrogens is 299 g/mol. The Kier molecular flexibility index (Phi) is 5.34. The molecule has 2 aromatic carbocycles. The molecule has 23 heavy (non-hydrogen) atoms. The molecular formula is C18H19FO4. The van der Waals surface area contributed by atoms with Gasteiger partial charge < -0.3 is 14.6 Å². The van der Waals surface area contributed by atoms with Crippen molar-refractivity contribution in [2.45, 2.75) is 25.6 Å². The molecule has 0 aliphatic carbocycles. The third-order valence-corrected chi connectivity index (χ3v) is 3.63. The molecule has 4 nitrogen and oxygen atoms in total. The summed E-state index contributed by atoms with van der Waals surface area (Å²) in [6, 6.07) is 13.2. The normalized spacial score (nSPS) is 13.2. The molecule has 0 bridgehead atoms. The second-order valence-electron chi connectivity index (χ2n) is 5.16. The molecule has 0 radical (unpaired) electrons. The molecule has 0 aliphatic rings. The number of benzene rings is 2. The topological polar surface area (TPSA) is 55.8 Å². The van der Waals surface area contributed by atoms with Gasteiger partial charge in [-0.3, -0.25) is 0 Å². The van der Waals surface area contributed by atoms with E-state index in [-0.39, 0.29) is 24.3 Å². The van der Waals surface area contributed by atoms with Crippen LogP contribution in [-0.2, 0) is 21.7 Å². The van der Waals surface area contributed by atoms with Gasteiger partial charge in [0.1, 0.15) is 18.2 Å². The Morgan fingerprint density at radius 3 is 2.52 bits per heavy atom. The smallest absolute Gasteiger partial charge is 0.342 e. The molecule has 0 saturated carbocycles. The van der Waals surface area contributed by atoms with Crippen LogP contribution in [0.2, 0.25) is 0 Å². The molecule has 1 N–H and O–H groups in total. The maximum Gasteiger partial charge on any atom is 0.342 e. The van der Waals surface area contributed by atoms with Crippen molar-refractivity contribution in [1.82, 2.24) is 0 Å². The van der Waals surface area contributed by atoms with Gasteiger partial charge in [0.15, 0.2) is 5.60 Å². The van der Waals surface area contributed by atoms with Crippen LogP contribution in [0.4, 0.5) is 4.39 Å². The second-order valence-corrected chi connectivity index (χ2v) is 5.16. The first-order valence-corrected chi connectivity index (χ1v) is 7.28. The van der Waals surface area contributed by atoms with Gasteiger partial charge >= 0.3 is 5.97 Å². The summed E-state index contributed by atoms with van der Waals surface area (Å²) >= 11 is 0. The van der Waals surface area contributed by atoms with Gasteiger partial charge in [0.05, 0.1) is 7.11 Å². The Labute approximate surface area is 134 Å². The number of aliphatic hydroxyl groups is 1. The summed E-state index contributed by atoms with van der Waals surface area (Å²) in [4.78, 5) is 11.8. The molecule has 1 unspecified atom stereocenters. The lowest BCUT2D eigenvalue weighted by molar-refractivity contribution is -0.164. The van der Waals surface area contributed by atoms with Crippen molar-refractivity contribution in [2.75, 3.05) is 7.11 Å². The molecule has 122 valence electrons. The van der Waals surface area contributed by atoms with Crippen LogP contribution in [0.25, 0.3) is 0 Å². The zero-order valence-electron chi connectivity index (χ0n) is 13.1. The molecule has 0 fully saturated rings. The van der Waals surface area contributed by atoms with E-state index in [1.807, 2.05) is 30.3 Å². The quantitative estimate of drug-likeness (QED) is 0.831. The van der Waals surface area contributed by atoms with E-state index in [4.69, 9.17) is 4.74 Å². The lowest BCUT2D eigenvalue weighted by Crippen LogP contribution is -2.36. The first-order chi connectivity index (χ1) is 11.0. The highest BCUT2D eigenvalue weighted by Gasteiger charge is 2.38. The molecule has 0 aromatic heterocycles. The van der Waals surface area contributed by atoms with Crippen molar-refractivity contribution in [3.63, 3.8) is 0 Å². The van der Waals surface area contributed by atoms with Crippen molar-refractivity contribution in [3.8, 4) is 5.75 Å². The van der Waals surface area contributed by atoms with Crippen LogP contribution in [0.3, 0.4) is 0 Å². The molecule has 2 aromatic rings. The third kappa shape index (κ3) is 3.87. The molecule has 5 heteroatoms. The minimum Gasteiger partial charge on any atom is -0.489 e. The van der Waals surface area contributed by atoms with E-state index in [1.54, 1.807) is 6.92 Å². The van der Waals surface area contributed by atoms with E-state index < -0.39 is 17.4 Å². The van der Waals surface area contributed by atoms with Gasteiger partial charge in [0.2, 0.25) is 0 Å². The predicted molar refractivity (Wildman–Crippen MR) is 83.4 cm³/mol. The number of rotatable bonds is 6. The maximum atomic E-state index is 13.8. The highest BCUT2D eigenvalue weighted by molar-refractivity contribution is 5.81. The molecule has 0 saturated heterocycles. The van der Waals surface area contributed by atoms with Crippen LogP contribution in [0, 0.1) is 5.82 Å². The lowest BCUT2D eigenvalue weighted by Gasteiger charge is -2.24. The van der Waals surface area contributed by atoms with E-state index in [1.165, 1.54) is 19.2 Å². The summed E-state index contributed by atoms with van der Waals surface area (Å²) in [6.07, 6.45) is 0.0568. The Balaban J connectivity index is 2.26. The molecule has 0 heterocycles. The minimum atomic E-state index is -1.90. The third-order valence-electron chi connectivity index (χ3n) is 3.63. The van der Waals surface area contributed by atoms with Crippen LogP contribution in [0.1, 0.15) is 24.5 Å². The largest absolute Gasteiger partial charge is 0.489 e. The highest BCUT2D eigenvalue weighted by atomic mass is 19.1. The zero-order valence-corrected chi connectivity index (χ0v) is 13.1. The van der Waals surface area contributed by atoms with E-state index in [2.05, 4.69) is 4.74 Å². The highest BCUT2D eigenvalue weighted by Crippen LogP contribution is 2.30. The Morgan fingerprint density at radius 1 is 1.22 bits per heavy atom. The number of carbonyl (C=O) groups excluding carboxylic acids is 1. The van der Waals surface area contributed by atoms with Gasteiger partial charge in [-0.25, -0.2) is 9.18 Å². The number of esters is 1. The van der Waals surface area contributed by atoms with E-state index >= 15 is 0 Å². The lowest BCUT2D eigenvalue weighted by atomic mass is 9.91. The molecule has 0 spiro atoms. The fraction of sp³-hybridized carbons (Fsp3) is 0.278. The molecule has 0 amide bonds. The Morgan fingerprint density at radius 2 is 1.91 bits per heavy atom. The first-order valence-electron chi connectivity index (χ1n) is 7.28. The summed E-state index contributed by atoms with van der Waals surface area (Å²) in [5.74, 6) is -1.19. The summed E-state index contributed by atoms with van der Waals surface area (Å²) in [5, 5.41) is 10.5. The SMILES string of the molecule is CCC(O)(C(=O)OC)c1cc(F)cc(OCc2ccccc2)c1. The van der Waals surface area contributed by atoms with Gasteiger partial charge in [0.25, 0.3) is 0 Å². The number of methoxy groups -OCH3 is 1. The van der Waals surface area contributed by atoms with Crippen LogP contribution in [-0.4, -0.2) is 18.2 Å². The zero-order chi connectivity index (χ0) is 16.9. The van der Waals surface area contributed by atoms with E-state index in [0.29, 0.717) is 0 Å². The van der Waals surface area contributed by atoms with Crippen molar-refractivity contribution >= 4 is 5.97 Å². The summed E-state index contributed by atoms with van der Waals surface area (Å²) in [5.41, 5.74) is -0.867.